The molecule has 21 heavy (non-hydrogen) atoms. The molecule has 0 saturated heterocycles. The lowest BCUT2D eigenvalue weighted by Gasteiger charge is -2.19. The highest BCUT2D eigenvalue weighted by atomic mass is 16.7. The van der Waals surface area contributed by atoms with Crippen molar-refractivity contribution in [2.75, 3.05) is 13.3 Å². The topological polar surface area (TPSA) is 89.4 Å². The third-order valence-corrected chi connectivity index (χ3v) is 2.63. The smallest absolute Gasteiger partial charge is 0.407 e. The van der Waals surface area contributed by atoms with Crippen molar-refractivity contribution in [3.63, 3.8) is 0 Å². The summed E-state index contributed by atoms with van der Waals surface area (Å²) >= 11 is 0. The summed E-state index contributed by atoms with van der Waals surface area (Å²) in [6, 6.07) is 5.13. The number of oxime groups is 1. The molecule has 0 radical (unpaired) electrons. The van der Waals surface area contributed by atoms with E-state index in [9.17, 15) is 4.79 Å². The molecular weight excluding hydrogens is 276 g/mol. The van der Waals surface area contributed by atoms with Crippen LogP contribution in [0.25, 0.3) is 0 Å². The van der Waals surface area contributed by atoms with Crippen molar-refractivity contribution < 1.29 is 24.2 Å². The monoisotopic (exact) mass is 294 g/mol. The number of ether oxygens (including phenoxy) is 3. The van der Waals surface area contributed by atoms with E-state index in [0.29, 0.717) is 22.8 Å². The van der Waals surface area contributed by atoms with Gasteiger partial charge < -0.3 is 24.7 Å². The van der Waals surface area contributed by atoms with Gasteiger partial charge in [0.05, 0.1) is 6.54 Å². The van der Waals surface area contributed by atoms with Crippen LogP contribution in [0.1, 0.15) is 26.3 Å². The van der Waals surface area contributed by atoms with Crippen LogP contribution in [0.4, 0.5) is 4.79 Å². The van der Waals surface area contributed by atoms with Crippen molar-refractivity contribution in [1.82, 2.24) is 5.32 Å². The second-order valence-electron chi connectivity index (χ2n) is 5.47. The second-order valence-corrected chi connectivity index (χ2v) is 5.47. The van der Waals surface area contributed by atoms with Crippen molar-refractivity contribution in [2.24, 2.45) is 5.16 Å². The van der Waals surface area contributed by atoms with Crippen LogP contribution in [0, 0.1) is 0 Å². The average Bonchev–Trinajstić information content (AvgIpc) is 2.84. The van der Waals surface area contributed by atoms with Crippen LogP contribution < -0.4 is 14.8 Å². The van der Waals surface area contributed by atoms with Crippen LogP contribution in [-0.2, 0) is 4.74 Å². The second kappa shape index (κ2) is 5.90. The Kier molecular flexibility index (Phi) is 4.21. The summed E-state index contributed by atoms with van der Waals surface area (Å²) in [4.78, 5) is 11.6. The van der Waals surface area contributed by atoms with Gasteiger partial charge >= 0.3 is 6.09 Å². The Bertz CT molecular complexity index is 563. The van der Waals surface area contributed by atoms with Gasteiger partial charge in [0, 0.05) is 5.56 Å². The highest BCUT2D eigenvalue weighted by Gasteiger charge is 2.18. The first-order valence-electron chi connectivity index (χ1n) is 6.47. The molecule has 0 bridgehead atoms. The average molecular weight is 294 g/mol. The van der Waals surface area contributed by atoms with Crippen molar-refractivity contribution in [2.45, 2.75) is 26.4 Å². The molecule has 1 aromatic rings. The molecule has 0 atom stereocenters. The number of carbonyl (C=O) groups excluding carboxylic acids is 1. The molecule has 0 saturated carbocycles. The van der Waals surface area contributed by atoms with Crippen molar-refractivity contribution >= 4 is 11.8 Å². The van der Waals surface area contributed by atoms with Gasteiger partial charge in [0.25, 0.3) is 0 Å². The molecule has 1 aliphatic rings. The third kappa shape index (κ3) is 4.01. The quantitative estimate of drug-likeness (QED) is 0.506. The Labute approximate surface area is 122 Å². The fraction of sp³-hybridized carbons (Fsp3) is 0.429. The molecule has 0 aromatic heterocycles. The Morgan fingerprint density at radius 1 is 1.38 bits per heavy atom. The number of hydrogen-bond acceptors (Lipinski definition) is 6. The fourth-order valence-corrected chi connectivity index (χ4v) is 1.74. The van der Waals surface area contributed by atoms with E-state index in [1.807, 2.05) is 0 Å². The summed E-state index contributed by atoms with van der Waals surface area (Å²) in [7, 11) is 0. The summed E-state index contributed by atoms with van der Waals surface area (Å²) in [5, 5.41) is 14.8. The van der Waals surface area contributed by atoms with E-state index in [1.54, 1.807) is 39.0 Å². The number of benzene rings is 1. The molecule has 2 rings (SSSR count). The number of alkyl carbamates (subject to hydrolysis) is 1. The minimum atomic E-state index is -0.584. The van der Waals surface area contributed by atoms with Crippen LogP contribution in [0.2, 0.25) is 0 Å². The number of rotatable bonds is 3. The highest BCUT2D eigenvalue weighted by molar-refractivity contribution is 6.03. The first kappa shape index (κ1) is 15.0. The van der Waals surface area contributed by atoms with Gasteiger partial charge in [-0.15, -0.1) is 0 Å². The van der Waals surface area contributed by atoms with E-state index in [2.05, 4.69) is 10.5 Å². The Hall–Kier alpha value is -2.44. The maximum atomic E-state index is 11.6. The highest BCUT2D eigenvalue weighted by Crippen LogP contribution is 2.32. The zero-order valence-electron chi connectivity index (χ0n) is 12.2. The van der Waals surface area contributed by atoms with Crippen molar-refractivity contribution in [3.8, 4) is 11.5 Å². The minimum Gasteiger partial charge on any atom is -0.454 e. The number of amides is 1. The van der Waals surface area contributed by atoms with Gasteiger partial charge in [0.15, 0.2) is 11.5 Å². The molecule has 0 aliphatic carbocycles. The predicted octanol–water partition coefficient (Wildman–Crippen LogP) is 2.12. The SMILES string of the molecule is CC(C)(C)OC(=O)NC/C(=N/O)c1ccc2c(c1)OCO2. The van der Waals surface area contributed by atoms with Gasteiger partial charge in [-0.1, -0.05) is 5.16 Å². The summed E-state index contributed by atoms with van der Waals surface area (Å²) in [6.07, 6.45) is -0.579. The van der Waals surface area contributed by atoms with Gasteiger partial charge in [-0.2, -0.15) is 0 Å². The van der Waals surface area contributed by atoms with Crippen LogP contribution in [0.3, 0.4) is 0 Å². The van der Waals surface area contributed by atoms with Crippen LogP contribution in [0.5, 0.6) is 11.5 Å². The summed E-state index contributed by atoms with van der Waals surface area (Å²) in [5.74, 6) is 1.21. The van der Waals surface area contributed by atoms with Crippen molar-refractivity contribution in [3.05, 3.63) is 23.8 Å². The Balaban J connectivity index is 1.99. The Morgan fingerprint density at radius 2 is 2.10 bits per heavy atom. The lowest BCUT2D eigenvalue weighted by atomic mass is 10.1. The number of hydrogen-bond donors (Lipinski definition) is 2. The molecule has 1 amide bonds. The normalized spacial score (nSPS) is 14.0. The maximum absolute atomic E-state index is 11.6. The minimum absolute atomic E-state index is 0.0328. The van der Waals surface area contributed by atoms with Gasteiger partial charge in [-0.25, -0.2) is 4.79 Å². The standard InChI is InChI=1S/C14H18N2O5/c1-14(2,3)21-13(17)15-7-10(16-18)9-4-5-11-12(6-9)20-8-19-11/h4-6,18H,7-8H2,1-3H3,(H,15,17)/b16-10-. The molecule has 0 spiro atoms. The first-order valence-corrected chi connectivity index (χ1v) is 6.47. The van der Waals surface area contributed by atoms with Crippen LogP contribution in [0.15, 0.2) is 23.4 Å². The lowest BCUT2D eigenvalue weighted by molar-refractivity contribution is 0.0536. The number of fused-ring (bicyclic) bond motifs is 1. The number of carbonyl (C=O) groups is 1. The molecule has 0 fully saturated rings. The van der Waals surface area contributed by atoms with Gasteiger partial charge in [-0.05, 0) is 39.0 Å². The third-order valence-electron chi connectivity index (χ3n) is 2.63. The zero-order chi connectivity index (χ0) is 15.5. The van der Waals surface area contributed by atoms with Gasteiger partial charge in [0.1, 0.15) is 11.3 Å². The summed E-state index contributed by atoms with van der Waals surface area (Å²) in [5.41, 5.74) is 0.330. The van der Waals surface area contributed by atoms with E-state index in [0.717, 1.165) is 0 Å². The largest absolute Gasteiger partial charge is 0.454 e. The van der Waals surface area contributed by atoms with Crippen molar-refractivity contribution in [1.29, 1.82) is 0 Å². The molecular formula is C14H18N2O5. The predicted molar refractivity (Wildman–Crippen MR) is 75.1 cm³/mol. The maximum Gasteiger partial charge on any atom is 0.407 e. The molecule has 2 N–H and O–H groups in total. The number of nitrogens with one attached hydrogen (secondary N) is 1. The summed E-state index contributed by atoms with van der Waals surface area (Å²) < 4.78 is 15.6. The lowest BCUT2D eigenvalue weighted by Crippen LogP contribution is -2.35. The molecule has 0 unspecified atom stereocenters. The zero-order valence-corrected chi connectivity index (χ0v) is 12.2. The fourth-order valence-electron chi connectivity index (χ4n) is 1.74. The van der Waals surface area contributed by atoms with E-state index in [-0.39, 0.29) is 13.3 Å². The molecule has 1 aromatic carbocycles. The van der Waals surface area contributed by atoms with E-state index in [4.69, 9.17) is 19.4 Å². The molecule has 114 valence electrons. The van der Waals surface area contributed by atoms with E-state index >= 15 is 0 Å². The molecule has 1 heterocycles. The van der Waals surface area contributed by atoms with Gasteiger partial charge in [0.2, 0.25) is 6.79 Å². The van der Waals surface area contributed by atoms with E-state index in [1.165, 1.54) is 0 Å². The first-order chi connectivity index (χ1) is 9.89. The van der Waals surface area contributed by atoms with E-state index < -0.39 is 11.7 Å². The number of nitrogens with zero attached hydrogens (tertiary/aromatic N) is 1. The van der Waals surface area contributed by atoms with Crippen LogP contribution in [-0.4, -0.2) is 36.0 Å². The molecule has 7 heteroatoms. The summed E-state index contributed by atoms with van der Waals surface area (Å²) in [6.45, 7) is 5.51. The molecule has 1 aliphatic heterocycles. The Morgan fingerprint density at radius 3 is 2.76 bits per heavy atom. The molecule has 7 nitrogen and oxygen atoms in total. The van der Waals surface area contributed by atoms with Gasteiger partial charge in [-0.3, -0.25) is 0 Å². The van der Waals surface area contributed by atoms with Crippen LogP contribution >= 0.6 is 0 Å².